The second kappa shape index (κ2) is 7.13. The first kappa shape index (κ1) is 16.8. The molecule has 118 valence electrons. The predicted molar refractivity (Wildman–Crippen MR) is 90.3 cm³/mol. The van der Waals surface area contributed by atoms with Gasteiger partial charge in [-0.3, -0.25) is 4.90 Å². The molecule has 2 N–H and O–H groups in total. The quantitative estimate of drug-likeness (QED) is 0.891. The minimum absolute atomic E-state index is 0.0310. The highest BCUT2D eigenvalue weighted by Gasteiger charge is 2.35. The van der Waals surface area contributed by atoms with Gasteiger partial charge in [-0.25, -0.2) is 8.42 Å². The van der Waals surface area contributed by atoms with Gasteiger partial charge >= 0.3 is 0 Å². The second-order valence-electron chi connectivity index (χ2n) is 5.44. The van der Waals surface area contributed by atoms with E-state index in [1.54, 1.807) is 11.8 Å². The molecule has 0 amide bonds. The van der Waals surface area contributed by atoms with Gasteiger partial charge < -0.3 is 5.73 Å². The molecule has 2 atom stereocenters. The normalized spacial score (nSPS) is 22.1. The third kappa shape index (κ3) is 4.00. The number of aryl methyl sites for hydroxylation is 1. The van der Waals surface area contributed by atoms with Gasteiger partial charge in [0.2, 0.25) is 0 Å². The molecule has 0 radical (unpaired) electrons. The van der Waals surface area contributed by atoms with E-state index in [1.165, 1.54) is 11.8 Å². The van der Waals surface area contributed by atoms with Crippen LogP contribution in [0.1, 0.15) is 24.1 Å². The Morgan fingerprint density at radius 1 is 1.38 bits per heavy atom. The number of hydrogen-bond donors (Lipinski definition) is 1. The Balaban J connectivity index is 2.29. The molecule has 0 bridgehead atoms. The highest BCUT2D eigenvalue weighted by atomic mass is 32.2. The number of hydrogen-bond acceptors (Lipinski definition) is 5. The molecule has 1 fully saturated rings. The topological polar surface area (TPSA) is 63.4 Å². The van der Waals surface area contributed by atoms with Crippen LogP contribution in [-0.4, -0.2) is 49.5 Å². The van der Waals surface area contributed by atoms with Gasteiger partial charge in [-0.1, -0.05) is 31.2 Å². The molecule has 1 aliphatic heterocycles. The Bertz CT molecular complexity index is 558. The minimum Gasteiger partial charge on any atom is -0.329 e. The zero-order valence-corrected chi connectivity index (χ0v) is 14.3. The fourth-order valence-electron chi connectivity index (χ4n) is 2.76. The largest absolute Gasteiger partial charge is 0.329 e. The third-order valence-electron chi connectivity index (χ3n) is 4.01. The van der Waals surface area contributed by atoms with Gasteiger partial charge in [-0.15, -0.1) is 0 Å². The molecule has 1 aliphatic rings. The van der Waals surface area contributed by atoms with Gasteiger partial charge in [-0.2, -0.15) is 11.8 Å². The summed E-state index contributed by atoms with van der Waals surface area (Å²) in [5, 5.41) is -0.435. The molecule has 0 spiro atoms. The number of thioether (sulfide) groups is 1. The van der Waals surface area contributed by atoms with Crippen LogP contribution >= 0.6 is 11.8 Å². The van der Waals surface area contributed by atoms with Crippen LogP contribution in [0.3, 0.4) is 0 Å². The zero-order chi connectivity index (χ0) is 15.5. The van der Waals surface area contributed by atoms with E-state index < -0.39 is 15.2 Å². The van der Waals surface area contributed by atoms with Gasteiger partial charge in [0.15, 0.2) is 9.84 Å². The molecule has 2 unspecified atom stereocenters. The zero-order valence-electron chi connectivity index (χ0n) is 12.7. The number of rotatable bonds is 5. The van der Waals surface area contributed by atoms with Crippen molar-refractivity contribution in [3.05, 3.63) is 35.4 Å². The van der Waals surface area contributed by atoms with Gasteiger partial charge in [0, 0.05) is 36.9 Å². The maximum absolute atomic E-state index is 12.1. The van der Waals surface area contributed by atoms with Crippen LogP contribution in [0, 0.1) is 0 Å². The third-order valence-corrected chi connectivity index (χ3v) is 6.67. The predicted octanol–water partition coefficient (Wildman–Crippen LogP) is 1.67. The summed E-state index contributed by atoms with van der Waals surface area (Å²) in [6, 6.07) is 8.34. The summed E-state index contributed by atoms with van der Waals surface area (Å²) in [7, 11) is -3.10. The molecule has 0 aromatic heterocycles. The first-order valence-corrected chi connectivity index (χ1v) is 10.4. The molecular formula is C15H24N2O2S2. The van der Waals surface area contributed by atoms with E-state index >= 15 is 0 Å². The van der Waals surface area contributed by atoms with Gasteiger partial charge in [0.05, 0.1) is 0 Å². The van der Waals surface area contributed by atoms with Crippen LogP contribution in [0.2, 0.25) is 0 Å². The first-order valence-electron chi connectivity index (χ1n) is 7.28. The van der Waals surface area contributed by atoms with E-state index in [4.69, 9.17) is 5.73 Å². The van der Waals surface area contributed by atoms with E-state index in [0.717, 1.165) is 24.3 Å². The van der Waals surface area contributed by atoms with Crippen LogP contribution < -0.4 is 5.73 Å². The molecule has 4 nitrogen and oxygen atoms in total. The molecule has 1 saturated heterocycles. The average Bonchev–Trinajstić information content (AvgIpc) is 2.48. The summed E-state index contributed by atoms with van der Waals surface area (Å²) in [6.07, 6.45) is 2.32. The van der Waals surface area contributed by atoms with Crippen LogP contribution in [0.25, 0.3) is 0 Å². The summed E-state index contributed by atoms with van der Waals surface area (Å²) in [5.74, 6) is 1.58. The number of sulfone groups is 1. The fourth-order valence-corrected chi connectivity index (χ4v) is 5.68. The standard InChI is InChI=1S/C15H24N2O2S2/c1-3-12-4-6-13(7-5-12)14(10-16)17-8-9-20-11-15(17)21(2,18)19/h4-7,14-15H,3,8-11,16H2,1-2H3. The molecule has 1 aromatic rings. The van der Waals surface area contributed by atoms with Gasteiger partial charge in [0.1, 0.15) is 5.37 Å². The molecule has 2 rings (SSSR count). The van der Waals surface area contributed by atoms with E-state index in [-0.39, 0.29) is 6.04 Å². The van der Waals surface area contributed by atoms with Crippen LogP contribution in [0.15, 0.2) is 24.3 Å². The number of benzene rings is 1. The summed E-state index contributed by atoms with van der Waals surface area (Å²) in [4.78, 5) is 2.06. The Labute approximate surface area is 132 Å². The lowest BCUT2D eigenvalue weighted by Gasteiger charge is -2.39. The maximum Gasteiger partial charge on any atom is 0.164 e. The fraction of sp³-hybridized carbons (Fsp3) is 0.600. The molecule has 6 heteroatoms. The second-order valence-corrected chi connectivity index (χ2v) is 8.80. The molecule has 1 aromatic carbocycles. The van der Waals surface area contributed by atoms with Crippen LogP contribution in [-0.2, 0) is 16.3 Å². The van der Waals surface area contributed by atoms with E-state index in [9.17, 15) is 8.42 Å². The van der Waals surface area contributed by atoms with Crippen molar-refractivity contribution < 1.29 is 8.42 Å². The Kier molecular flexibility index (Phi) is 5.71. The highest BCUT2D eigenvalue weighted by molar-refractivity contribution is 8.00. The van der Waals surface area contributed by atoms with Crippen LogP contribution in [0.4, 0.5) is 0 Å². The lowest BCUT2D eigenvalue weighted by molar-refractivity contribution is 0.198. The van der Waals surface area contributed by atoms with Crippen molar-refractivity contribution in [1.29, 1.82) is 0 Å². The van der Waals surface area contributed by atoms with Crippen molar-refractivity contribution in [3.8, 4) is 0 Å². The van der Waals surface area contributed by atoms with Crippen molar-refractivity contribution in [2.75, 3.05) is 30.9 Å². The summed E-state index contributed by atoms with van der Waals surface area (Å²) >= 11 is 1.70. The van der Waals surface area contributed by atoms with Crippen molar-refractivity contribution in [1.82, 2.24) is 4.90 Å². The Morgan fingerprint density at radius 2 is 2.05 bits per heavy atom. The SMILES string of the molecule is CCc1ccc(C(CN)N2CCSCC2S(C)(=O)=O)cc1. The lowest BCUT2D eigenvalue weighted by Crippen LogP contribution is -2.50. The van der Waals surface area contributed by atoms with Crippen molar-refractivity contribution in [2.24, 2.45) is 5.73 Å². The molecule has 1 heterocycles. The lowest BCUT2D eigenvalue weighted by atomic mass is 10.0. The minimum atomic E-state index is -3.10. The average molecular weight is 329 g/mol. The van der Waals surface area contributed by atoms with Crippen molar-refractivity contribution in [3.63, 3.8) is 0 Å². The summed E-state index contributed by atoms with van der Waals surface area (Å²) in [6.45, 7) is 3.32. The Hall–Kier alpha value is -0.560. The van der Waals surface area contributed by atoms with Crippen LogP contribution in [0.5, 0.6) is 0 Å². The van der Waals surface area contributed by atoms with E-state index in [1.807, 2.05) is 0 Å². The highest BCUT2D eigenvalue weighted by Crippen LogP contribution is 2.29. The molecular weight excluding hydrogens is 304 g/mol. The Morgan fingerprint density at radius 3 is 2.57 bits per heavy atom. The number of nitrogens with zero attached hydrogens (tertiary/aromatic N) is 1. The molecule has 0 aliphatic carbocycles. The smallest absolute Gasteiger partial charge is 0.164 e. The van der Waals surface area contributed by atoms with Crippen molar-refractivity contribution >= 4 is 21.6 Å². The van der Waals surface area contributed by atoms with Gasteiger partial charge in [-0.05, 0) is 17.5 Å². The summed E-state index contributed by atoms with van der Waals surface area (Å²) < 4.78 is 24.1. The maximum atomic E-state index is 12.1. The number of nitrogens with two attached hydrogens (primary N) is 1. The van der Waals surface area contributed by atoms with Crippen molar-refractivity contribution in [2.45, 2.75) is 24.8 Å². The summed E-state index contributed by atoms with van der Waals surface area (Å²) in [5.41, 5.74) is 8.36. The molecule has 21 heavy (non-hydrogen) atoms. The first-order chi connectivity index (χ1) is 9.97. The van der Waals surface area contributed by atoms with E-state index in [2.05, 4.69) is 36.1 Å². The monoisotopic (exact) mass is 328 g/mol. The molecule has 0 saturated carbocycles. The van der Waals surface area contributed by atoms with E-state index in [0.29, 0.717) is 12.3 Å². The van der Waals surface area contributed by atoms with Gasteiger partial charge in [0.25, 0.3) is 0 Å².